The Hall–Kier alpha value is -1.88. The first-order valence-electron chi connectivity index (χ1n) is 10.5. The van der Waals surface area contributed by atoms with Gasteiger partial charge in [0.2, 0.25) is 11.8 Å². The Balaban J connectivity index is -0.0000000465. The van der Waals surface area contributed by atoms with Gasteiger partial charge in [-0.1, -0.05) is 66.4 Å². The highest BCUT2D eigenvalue weighted by atomic mass is 128. The van der Waals surface area contributed by atoms with E-state index in [4.69, 9.17) is 37.9 Å². The third kappa shape index (κ3) is 60.2. The summed E-state index contributed by atoms with van der Waals surface area (Å²) in [7, 11) is 3.42. The molecule has 0 aliphatic heterocycles. The molecule has 0 atom stereocenters. The molecule has 43 heavy (non-hydrogen) atoms. The molecule has 0 radical (unpaired) electrons. The lowest BCUT2D eigenvalue weighted by Crippen LogP contribution is -2.16. The molecular weight excluding hydrogens is 816 g/mol. The number of halogens is 3. The highest BCUT2D eigenvalue weighted by Gasteiger charge is 1.98. The predicted molar refractivity (Wildman–Crippen MR) is 193 cm³/mol. The summed E-state index contributed by atoms with van der Waals surface area (Å²) in [6.07, 6.45) is 0. The summed E-state index contributed by atoms with van der Waals surface area (Å²) in [5.74, 6) is 2.16. The zero-order valence-electron chi connectivity index (χ0n) is 22.4. The van der Waals surface area contributed by atoms with E-state index in [1.54, 1.807) is 20.9 Å². The average Bonchev–Trinajstić information content (AvgIpc) is 3.48. The SMILES string of the molecule is C.C.C.C.C.C/C(N)=N/O.CC(C)COC(=O)Cl.CNCC(=O)O.CNCc1nc(C)no1.Cc1noc(CN)n1.II. The van der Waals surface area contributed by atoms with Crippen LogP contribution in [0.4, 0.5) is 4.79 Å². The van der Waals surface area contributed by atoms with Crippen molar-refractivity contribution in [2.24, 2.45) is 22.5 Å². The Morgan fingerprint density at radius 3 is 1.53 bits per heavy atom. The van der Waals surface area contributed by atoms with Gasteiger partial charge in [-0.15, -0.1) is 0 Å². The fraction of sp³-hybridized carbons (Fsp3) is 0.708. The monoisotopic (exact) mass is 873 g/mol. The summed E-state index contributed by atoms with van der Waals surface area (Å²) in [6.45, 7) is 10.3. The van der Waals surface area contributed by atoms with Gasteiger partial charge in [0, 0.05) is 48.8 Å². The number of nitrogens with zero attached hydrogens (tertiary/aromatic N) is 5. The van der Waals surface area contributed by atoms with Crippen LogP contribution < -0.4 is 22.1 Å². The van der Waals surface area contributed by atoms with Crippen molar-refractivity contribution < 1.29 is 33.7 Å². The number of rotatable bonds is 7. The van der Waals surface area contributed by atoms with Gasteiger partial charge in [-0.2, -0.15) is 9.97 Å². The second-order valence-corrected chi connectivity index (χ2v) is 7.12. The first-order valence-corrected chi connectivity index (χ1v) is 17.2. The molecular formula is C24H58ClI2N9O7. The highest BCUT2D eigenvalue weighted by molar-refractivity contribution is 15.0. The van der Waals surface area contributed by atoms with Gasteiger partial charge in [-0.3, -0.25) is 4.79 Å². The number of hydrogen-bond acceptors (Lipinski definition) is 14. The van der Waals surface area contributed by atoms with Gasteiger partial charge in [-0.25, -0.2) is 4.79 Å². The summed E-state index contributed by atoms with van der Waals surface area (Å²) >= 11 is 9.10. The van der Waals surface area contributed by atoms with E-state index in [9.17, 15) is 9.59 Å². The third-order valence-corrected chi connectivity index (χ3v) is 2.77. The topological polar surface area (TPSA) is 250 Å². The molecule has 0 saturated heterocycles. The van der Waals surface area contributed by atoms with Crippen LogP contribution in [0.25, 0.3) is 0 Å². The number of amidine groups is 1. The van der Waals surface area contributed by atoms with Crippen LogP contribution in [0.5, 0.6) is 0 Å². The summed E-state index contributed by atoms with van der Waals surface area (Å²) < 4.78 is 13.8. The summed E-state index contributed by atoms with van der Waals surface area (Å²) in [4.78, 5) is 27.2. The summed E-state index contributed by atoms with van der Waals surface area (Å²) in [5.41, 5.74) is 9.24. The smallest absolute Gasteiger partial charge is 0.403 e. The lowest BCUT2D eigenvalue weighted by Gasteiger charge is -2.00. The van der Waals surface area contributed by atoms with Crippen molar-refractivity contribution in [3.63, 3.8) is 0 Å². The molecule has 2 aromatic rings. The average molecular weight is 874 g/mol. The zero-order chi connectivity index (χ0) is 30.5. The van der Waals surface area contributed by atoms with Gasteiger partial charge in [0.25, 0.3) is 0 Å². The molecule has 0 aliphatic rings. The van der Waals surface area contributed by atoms with E-state index in [2.05, 4.69) is 82.6 Å². The van der Waals surface area contributed by atoms with Crippen LogP contribution >= 0.6 is 48.8 Å². The van der Waals surface area contributed by atoms with E-state index in [-0.39, 0.29) is 49.5 Å². The standard InChI is InChI=1S/C5H9ClO2.C5H9N3O.C4H7N3O.C3H7NO2.C2H6N2O.5CH4.I2/c1-4(2)3-8-5(6)7;1-4-7-5(3-6-2)9-8-4;1-3-6-4(2-5)8-7-3;1-4-2-3(5)6;1-2(3)4-5;;;;;;1-2/h4H,3H2,1-2H3;6H,3H2,1-2H3;2,5H2,1H3;4H,2H2,1H3,(H,5,6);5H,1H3,(H2,3,4);5*1H4;. The van der Waals surface area contributed by atoms with E-state index < -0.39 is 11.4 Å². The van der Waals surface area contributed by atoms with Gasteiger partial charge in [0.05, 0.1) is 26.2 Å². The first kappa shape index (κ1) is 64.2. The van der Waals surface area contributed by atoms with Crippen molar-refractivity contribution in [2.45, 2.75) is 84.8 Å². The molecule has 2 heterocycles. The Bertz CT molecular complexity index is 857. The van der Waals surface area contributed by atoms with Crippen molar-refractivity contribution in [3.05, 3.63) is 23.4 Å². The van der Waals surface area contributed by atoms with Gasteiger partial charge < -0.3 is 46.2 Å². The second kappa shape index (κ2) is 47.1. The molecule has 0 amide bonds. The van der Waals surface area contributed by atoms with Crippen LogP contribution in [-0.4, -0.2) is 75.1 Å². The van der Waals surface area contributed by atoms with Gasteiger partial charge in [0.15, 0.2) is 11.6 Å². The number of aliphatic carboxylic acids is 1. The molecule has 0 bridgehead atoms. The Morgan fingerprint density at radius 2 is 1.40 bits per heavy atom. The molecule has 8 N–H and O–H groups in total. The molecule has 0 saturated carbocycles. The molecule has 2 aromatic heterocycles. The van der Waals surface area contributed by atoms with E-state index in [1.807, 2.05) is 20.9 Å². The third-order valence-electron chi connectivity index (χ3n) is 2.66. The molecule has 0 aliphatic carbocycles. The van der Waals surface area contributed by atoms with Crippen LogP contribution in [-0.2, 0) is 22.6 Å². The summed E-state index contributed by atoms with van der Waals surface area (Å²) in [5, 5.41) is 30.5. The first-order chi connectivity index (χ1) is 17.8. The van der Waals surface area contributed by atoms with E-state index >= 15 is 0 Å². The van der Waals surface area contributed by atoms with Gasteiger partial charge >= 0.3 is 11.4 Å². The number of ether oxygens (including phenoxy) is 1. The van der Waals surface area contributed by atoms with Gasteiger partial charge in [-0.05, 0) is 40.8 Å². The Labute approximate surface area is 287 Å². The number of likely N-dealkylation sites (N-methyl/N-ethyl adjacent to an activating group) is 1. The molecule has 19 heteroatoms. The van der Waals surface area contributed by atoms with Crippen molar-refractivity contribution in [3.8, 4) is 0 Å². The summed E-state index contributed by atoms with van der Waals surface area (Å²) in [6, 6.07) is 0. The molecule has 16 nitrogen and oxygen atoms in total. The number of carbonyl (C=O) groups excluding carboxylic acids is 1. The lowest BCUT2D eigenvalue weighted by molar-refractivity contribution is -0.135. The fourth-order valence-electron chi connectivity index (χ4n) is 1.37. The maximum Gasteiger partial charge on any atom is 0.403 e. The highest BCUT2D eigenvalue weighted by Crippen LogP contribution is 1.95. The maximum absolute atomic E-state index is 9.89. The number of nitrogens with one attached hydrogen (secondary N) is 2. The number of oxime groups is 1. The number of hydrogen-bond donors (Lipinski definition) is 6. The molecule has 0 fully saturated rings. The fourth-order valence-corrected chi connectivity index (χ4v) is 1.43. The Morgan fingerprint density at radius 1 is 1.00 bits per heavy atom. The van der Waals surface area contributed by atoms with Crippen molar-refractivity contribution >= 4 is 66.1 Å². The predicted octanol–water partition coefficient (Wildman–Crippen LogP) is 5.95. The second-order valence-electron chi connectivity index (χ2n) is 6.81. The number of carboxylic acid groups (broad SMARTS) is 1. The largest absolute Gasteiger partial charge is 0.480 e. The van der Waals surface area contributed by atoms with Crippen LogP contribution in [0.3, 0.4) is 0 Å². The minimum absolute atomic E-state index is 0. The number of aryl methyl sites for hydroxylation is 2. The molecule has 262 valence electrons. The van der Waals surface area contributed by atoms with Crippen molar-refractivity contribution in [2.75, 3.05) is 27.2 Å². The molecule has 0 aromatic carbocycles. The number of carboxylic acids is 1. The van der Waals surface area contributed by atoms with E-state index in [0.717, 1.165) is 0 Å². The van der Waals surface area contributed by atoms with Gasteiger partial charge in [0.1, 0.15) is 5.84 Å². The maximum atomic E-state index is 9.89. The van der Waals surface area contributed by atoms with Crippen LogP contribution in [0.1, 0.15) is 81.3 Å². The zero-order valence-corrected chi connectivity index (χ0v) is 27.4. The molecule has 2 rings (SSSR count). The van der Waals surface area contributed by atoms with Crippen LogP contribution in [0.15, 0.2) is 14.2 Å². The number of aromatic nitrogens is 4. The van der Waals surface area contributed by atoms with Crippen molar-refractivity contribution in [1.29, 1.82) is 0 Å². The number of carbonyl (C=O) groups is 2. The minimum Gasteiger partial charge on any atom is -0.480 e. The minimum atomic E-state index is -0.822. The molecule has 0 unspecified atom stereocenters. The number of nitrogens with two attached hydrogens (primary N) is 2. The quantitative estimate of drug-likeness (QED) is 0.0470. The Kier molecular flexibility index (Phi) is 70.2. The van der Waals surface area contributed by atoms with E-state index in [0.29, 0.717) is 49.0 Å². The van der Waals surface area contributed by atoms with E-state index in [1.165, 1.54) is 6.92 Å². The normalized spacial score (nSPS) is 8.33. The molecule has 0 spiro atoms. The lowest BCUT2D eigenvalue weighted by atomic mass is 10.2. The van der Waals surface area contributed by atoms with Crippen LogP contribution in [0, 0.1) is 19.8 Å². The van der Waals surface area contributed by atoms with Crippen molar-refractivity contribution in [1.82, 2.24) is 30.9 Å². The van der Waals surface area contributed by atoms with Crippen LogP contribution in [0.2, 0.25) is 0 Å².